The Morgan fingerprint density at radius 2 is 1.57 bits per heavy atom. The molecule has 5 heteroatoms. The number of rotatable bonds is 1. The lowest BCUT2D eigenvalue weighted by Crippen LogP contribution is -2.05. The summed E-state index contributed by atoms with van der Waals surface area (Å²) in [6, 6.07) is 13.7. The summed E-state index contributed by atoms with van der Waals surface area (Å²) in [5.41, 5.74) is 3.60. The van der Waals surface area contributed by atoms with Crippen molar-refractivity contribution in [2.75, 3.05) is 6.26 Å². The minimum Gasteiger partial charge on any atom is -0.250 e. The smallest absolute Gasteiger partial charge is 0.0911 e. The molecule has 2 aromatic carbocycles. The lowest BCUT2D eigenvalue weighted by molar-refractivity contribution is 1.45. The molecule has 0 aromatic heterocycles. The van der Waals surface area contributed by atoms with Gasteiger partial charge in [-0.05, 0) is 24.0 Å². The van der Waals surface area contributed by atoms with Crippen LogP contribution in [0.4, 0.5) is 11.4 Å². The monoisotopic (exact) mass is 334 g/mol. The zero-order chi connectivity index (χ0) is 14.8. The first-order valence-corrected chi connectivity index (χ1v) is 8.39. The van der Waals surface area contributed by atoms with Crippen LogP contribution in [-0.4, -0.2) is 17.0 Å². The van der Waals surface area contributed by atoms with E-state index >= 15 is 0 Å². The van der Waals surface area contributed by atoms with Crippen LogP contribution in [0.5, 0.6) is 0 Å². The van der Waals surface area contributed by atoms with E-state index in [9.17, 15) is 0 Å². The molecule has 106 valence electrons. The zero-order valence-corrected chi connectivity index (χ0v) is 13.6. The van der Waals surface area contributed by atoms with E-state index in [2.05, 4.69) is 17.1 Å². The molecule has 0 saturated heterocycles. The van der Waals surface area contributed by atoms with E-state index in [1.165, 1.54) is 0 Å². The van der Waals surface area contributed by atoms with Gasteiger partial charge in [0, 0.05) is 6.42 Å². The van der Waals surface area contributed by atoms with Crippen molar-refractivity contribution in [2.24, 2.45) is 9.98 Å². The summed E-state index contributed by atoms with van der Waals surface area (Å²) in [5.74, 6) is 0. The van der Waals surface area contributed by atoms with E-state index in [1.807, 2.05) is 24.5 Å². The van der Waals surface area contributed by atoms with Gasteiger partial charge in [0.15, 0.2) is 0 Å². The Hall–Kier alpha value is -1.29. The number of halogens is 2. The minimum atomic E-state index is 0.495. The average Bonchev–Trinajstić information content (AvgIpc) is 2.68. The van der Waals surface area contributed by atoms with Crippen LogP contribution >= 0.6 is 35.0 Å². The van der Waals surface area contributed by atoms with Crippen LogP contribution in [0.25, 0.3) is 0 Å². The van der Waals surface area contributed by atoms with Crippen molar-refractivity contribution < 1.29 is 0 Å². The fourth-order valence-electron chi connectivity index (χ4n) is 2.12. The van der Waals surface area contributed by atoms with Gasteiger partial charge in [-0.2, -0.15) is 0 Å². The predicted molar refractivity (Wildman–Crippen MR) is 94.3 cm³/mol. The number of hydrogen-bond acceptors (Lipinski definition) is 3. The molecule has 0 aliphatic carbocycles. The molecule has 2 nitrogen and oxygen atoms in total. The lowest BCUT2D eigenvalue weighted by atomic mass is 10.1. The van der Waals surface area contributed by atoms with Crippen LogP contribution in [0.1, 0.15) is 12.0 Å². The number of benzene rings is 2. The van der Waals surface area contributed by atoms with Gasteiger partial charge in [-0.3, -0.25) is 4.99 Å². The highest BCUT2D eigenvalue weighted by atomic mass is 35.5. The van der Waals surface area contributed by atoms with Crippen LogP contribution < -0.4 is 0 Å². The van der Waals surface area contributed by atoms with Crippen LogP contribution in [0.2, 0.25) is 10.0 Å². The molecule has 0 radical (unpaired) electrons. The third kappa shape index (κ3) is 3.15. The van der Waals surface area contributed by atoms with Crippen molar-refractivity contribution in [1.29, 1.82) is 0 Å². The van der Waals surface area contributed by atoms with E-state index in [-0.39, 0.29) is 0 Å². The maximum absolute atomic E-state index is 6.11. The molecule has 0 unspecified atom stereocenters. The predicted octanol–water partition coefficient (Wildman–Crippen LogP) is 5.91. The van der Waals surface area contributed by atoms with Crippen LogP contribution in [0.3, 0.4) is 0 Å². The molecule has 0 spiro atoms. The summed E-state index contributed by atoms with van der Waals surface area (Å²) in [7, 11) is 0. The first-order valence-electron chi connectivity index (χ1n) is 6.41. The molecular weight excluding hydrogens is 323 g/mol. The summed E-state index contributed by atoms with van der Waals surface area (Å²) in [5, 5.41) is 2.00. The average molecular weight is 335 g/mol. The Morgan fingerprint density at radius 1 is 0.952 bits per heavy atom. The van der Waals surface area contributed by atoms with E-state index in [4.69, 9.17) is 28.2 Å². The molecule has 2 aromatic rings. The molecule has 3 rings (SSSR count). The largest absolute Gasteiger partial charge is 0.250 e. The van der Waals surface area contributed by atoms with Gasteiger partial charge in [-0.15, -0.1) is 11.8 Å². The molecule has 21 heavy (non-hydrogen) atoms. The Balaban J connectivity index is 2.17. The van der Waals surface area contributed by atoms with Crippen molar-refractivity contribution in [3.63, 3.8) is 0 Å². The van der Waals surface area contributed by atoms with E-state index in [0.717, 1.165) is 27.7 Å². The Kier molecular flexibility index (Phi) is 4.34. The molecule has 1 heterocycles. The quantitative estimate of drug-likeness (QED) is 0.636. The fraction of sp³-hybridized carbons (Fsp3) is 0.125. The van der Waals surface area contributed by atoms with Crippen LogP contribution in [0.15, 0.2) is 52.4 Å². The zero-order valence-electron chi connectivity index (χ0n) is 11.3. The second-order valence-electron chi connectivity index (χ2n) is 4.57. The van der Waals surface area contributed by atoms with Gasteiger partial charge in [-0.25, -0.2) is 4.99 Å². The van der Waals surface area contributed by atoms with Gasteiger partial charge in [0.05, 0.1) is 32.2 Å². The number of fused-ring (bicyclic) bond motifs is 1. The standard InChI is InChI=1S/C16H12Cl2N2S/c1-21-16-9-13(10-5-3-2-4-6-10)19-14-7-11(17)12(18)8-15(14)20-16/h2-8H,9H2,1H3. The Bertz CT molecular complexity index is 739. The molecule has 0 bridgehead atoms. The number of nitrogens with zero attached hydrogens (tertiary/aromatic N) is 2. The van der Waals surface area contributed by atoms with Crippen LogP contribution in [-0.2, 0) is 0 Å². The highest BCUT2D eigenvalue weighted by molar-refractivity contribution is 8.13. The minimum absolute atomic E-state index is 0.495. The third-order valence-corrected chi connectivity index (χ3v) is 4.61. The van der Waals surface area contributed by atoms with E-state index in [1.54, 1.807) is 23.9 Å². The summed E-state index contributed by atoms with van der Waals surface area (Å²) >= 11 is 13.8. The van der Waals surface area contributed by atoms with Gasteiger partial charge >= 0.3 is 0 Å². The van der Waals surface area contributed by atoms with Crippen molar-refractivity contribution in [3.8, 4) is 0 Å². The van der Waals surface area contributed by atoms with Crippen molar-refractivity contribution >= 4 is 57.1 Å². The normalized spacial score (nSPS) is 14.0. The van der Waals surface area contributed by atoms with Crippen molar-refractivity contribution in [1.82, 2.24) is 0 Å². The fourth-order valence-corrected chi connectivity index (χ4v) is 2.91. The molecule has 1 aliphatic heterocycles. The number of thioether (sulfide) groups is 1. The second-order valence-corrected chi connectivity index (χ2v) is 6.26. The number of hydrogen-bond donors (Lipinski definition) is 0. The maximum Gasteiger partial charge on any atom is 0.0911 e. The first-order chi connectivity index (χ1) is 10.2. The summed E-state index contributed by atoms with van der Waals surface area (Å²) in [6.45, 7) is 0. The summed E-state index contributed by atoms with van der Waals surface area (Å²) < 4.78 is 0. The highest BCUT2D eigenvalue weighted by Gasteiger charge is 2.16. The van der Waals surface area contributed by atoms with Gasteiger partial charge in [0.2, 0.25) is 0 Å². The Morgan fingerprint density at radius 3 is 2.19 bits per heavy atom. The summed E-state index contributed by atoms with van der Waals surface area (Å²) in [6.07, 6.45) is 2.72. The molecule has 0 N–H and O–H groups in total. The van der Waals surface area contributed by atoms with Gasteiger partial charge in [0.25, 0.3) is 0 Å². The molecule has 1 aliphatic rings. The molecule has 0 atom stereocenters. The highest BCUT2D eigenvalue weighted by Crippen LogP contribution is 2.39. The van der Waals surface area contributed by atoms with E-state index in [0.29, 0.717) is 16.5 Å². The lowest BCUT2D eigenvalue weighted by Gasteiger charge is -2.05. The van der Waals surface area contributed by atoms with Gasteiger partial charge in [-0.1, -0.05) is 53.5 Å². The maximum atomic E-state index is 6.11. The molecule has 0 saturated carbocycles. The van der Waals surface area contributed by atoms with Gasteiger partial charge < -0.3 is 0 Å². The number of aliphatic imine (C=N–C) groups is 2. The molecule has 0 fully saturated rings. The van der Waals surface area contributed by atoms with Crippen molar-refractivity contribution in [2.45, 2.75) is 6.42 Å². The first kappa shape index (κ1) is 14.6. The molecular formula is C16H12Cl2N2S. The SMILES string of the molecule is CSC1=Nc2cc(Cl)c(Cl)cc2N=C(c2ccccc2)C1. The third-order valence-electron chi connectivity index (χ3n) is 3.18. The Labute approximate surface area is 137 Å². The topological polar surface area (TPSA) is 24.7 Å². The molecule has 0 amide bonds. The van der Waals surface area contributed by atoms with Crippen LogP contribution in [0, 0.1) is 0 Å². The second kappa shape index (κ2) is 6.22. The van der Waals surface area contributed by atoms with Crippen molar-refractivity contribution in [3.05, 3.63) is 58.1 Å². The van der Waals surface area contributed by atoms with E-state index < -0.39 is 0 Å². The van der Waals surface area contributed by atoms with Gasteiger partial charge in [0.1, 0.15) is 0 Å². The summed E-state index contributed by atoms with van der Waals surface area (Å²) in [4.78, 5) is 9.41.